The molecule has 3 rings (SSSR count). The van der Waals surface area contributed by atoms with Crippen molar-refractivity contribution >= 4 is 10.9 Å². The minimum Gasteiger partial charge on any atom is -0.494 e. The molecule has 8 heteroatoms. The minimum absolute atomic E-state index is 0.00173. The number of benzene rings is 1. The number of aromatic nitrogens is 4. The standard InChI is InChI=1S/C15H13F3N4O/c1-8-4-5-9-10(6-7-11(23-3)12(9)19-8)13-20-14(15(16,17)18)22(2)21-13/h4-7H,1-3H3. The van der Waals surface area contributed by atoms with Crippen molar-refractivity contribution in [1.82, 2.24) is 19.7 Å². The first kappa shape index (κ1) is 15.3. The normalized spacial score (nSPS) is 11.9. The quantitative estimate of drug-likeness (QED) is 0.726. The zero-order chi connectivity index (χ0) is 16.8. The van der Waals surface area contributed by atoms with Gasteiger partial charge in [-0.3, -0.25) is 0 Å². The molecule has 0 amide bonds. The van der Waals surface area contributed by atoms with E-state index in [1.165, 1.54) is 14.2 Å². The maximum absolute atomic E-state index is 12.9. The topological polar surface area (TPSA) is 52.8 Å². The zero-order valence-electron chi connectivity index (χ0n) is 12.6. The monoisotopic (exact) mass is 322 g/mol. The molecule has 0 spiro atoms. The van der Waals surface area contributed by atoms with Crippen LogP contribution < -0.4 is 4.74 Å². The number of methoxy groups -OCH3 is 1. The first-order valence-electron chi connectivity index (χ1n) is 6.74. The van der Waals surface area contributed by atoms with Crippen molar-refractivity contribution in [2.45, 2.75) is 13.1 Å². The van der Waals surface area contributed by atoms with Gasteiger partial charge in [-0.15, -0.1) is 0 Å². The molecule has 120 valence electrons. The fourth-order valence-corrected chi connectivity index (χ4v) is 2.39. The van der Waals surface area contributed by atoms with Gasteiger partial charge in [0.05, 0.1) is 7.11 Å². The van der Waals surface area contributed by atoms with Crippen molar-refractivity contribution in [3.05, 3.63) is 35.8 Å². The van der Waals surface area contributed by atoms with Gasteiger partial charge in [0.25, 0.3) is 0 Å². The van der Waals surface area contributed by atoms with Crippen LogP contribution in [-0.4, -0.2) is 26.9 Å². The van der Waals surface area contributed by atoms with E-state index in [1.807, 2.05) is 6.92 Å². The van der Waals surface area contributed by atoms with Gasteiger partial charge < -0.3 is 4.74 Å². The molecule has 3 aromatic rings. The van der Waals surface area contributed by atoms with E-state index in [4.69, 9.17) is 4.74 Å². The van der Waals surface area contributed by atoms with E-state index in [-0.39, 0.29) is 5.82 Å². The summed E-state index contributed by atoms with van der Waals surface area (Å²) in [7, 11) is 2.73. The van der Waals surface area contributed by atoms with Crippen molar-refractivity contribution in [2.24, 2.45) is 7.05 Å². The van der Waals surface area contributed by atoms with E-state index >= 15 is 0 Å². The van der Waals surface area contributed by atoms with Crippen LogP contribution in [0, 0.1) is 6.92 Å². The molecule has 0 aliphatic rings. The number of ether oxygens (including phenoxy) is 1. The molecule has 1 aromatic carbocycles. The van der Waals surface area contributed by atoms with Crippen LogP contribution in [0.25, 0.3) is 22.3 Å². The van der Waals surface area contributed by atoms with Crippen LogP contribution in [0.3, 0.4) is 0 Å². The Balaban J connectivity index is 2.26. The Hall–Kier alpha value is -2.64. The number of nitrogens with zero attached hydrogens (tertiary/aromatic N) is 4. The van der Waals surface area contributed by atoms with E-state index in [9.17, 15) is 13.2 Å². The number of aryl methyl sites for hydroxylation is 2. The molecule has 0 radical (unpaired) electrons. The van der Waals surface area contributed by atoms with Gasteiger partial charge in [0.15, 0.2) is 5.82 Å². The largest absolute Gasteiger partial charge is 0.494 e. The molecule has 0 aliphatic heterocycles. The summed E-state index contributed by atoms with van der Waals surface area (Å²) in [6.07, 6.45) is -4.56. The predicted octanol–water partition coefficient (Wildman–Crippen LogP) is 3.37. The van der Waals surface area contributed by atoms with Crippen LogP contribution in [0.5, 0.6) is 5.75 Å². The molecule has 0 unspecified atom stereocenters. The van der Waals surface area contributed by atoms with Crippen LogP contribution in [0.4, 0.5) is 13.2 Å². The number of pyridine rings is 1. The SMILES string of the molecule is COc1ccc(-c2nc(C(F)(F)F)n(C)n2)c2ccc(C)nc12. The Kier molecular flexibility index (Phi) is 3.46. The molecule has 2 heterocycles. The summed E-state index contributed by atoms with van der Waals surface area (Å²) >= 11 is 0. The average Bonchev–Trinajstić information content (AvgIpc) is 2.87. The van der Waals surface area contributed by atoms with Gasteiger partial charge in [-0.05, 0) is 25.1 Å². The summed E-state index contributed by atoms with van der Waals surface area (Å²) in [6, 6.07) is 6.83. The zero-order valence-corrected chi connectivity index (χ0v) is 12.6. The third-order valence-corrected chi connectivity index (χ3v) is 3.44. The first-order valence-corrected chi connectivity index (χ1v) is 6.74. The molecule has 0 saturated carbocycles. The number of alkyl halides is 3. The minimum atomic E-state index is -4.56. The summed E-state index contributed by atoms with van der Waals surface area (Å²) in [5, 5.41) is 4.53. The van der Waals surface area contributed by atoms with Gasteiger partial charge >= 0.3 is 6.18 Å². The Labute approximate surface area is 129 Å². The predicted molar refractivity (Wildman–Crippen MR) is 78.0 cm³/mol. The molecule has 0 aliphatic carbocycles. The molecule has 0 bridgehead atoms. The third-order valence-electron chi connectivity index (χ3n) is 3.44. The summed E-state index contributed by atoms with van der Waals surface area (Å²) in [5.74, 6) is -0.505. The molecule has 0 fully saturated rings. The van der Waals surface area contributed by atoms with E-state index < -0.39 is 12.0 Å². The number of rotatable bonds is 2. The second-order valence-corrected chi connectivity index (χ2v) is 5.04. The molecule has 0 saturated heterocycles. The Bertz CT molecular complexity index is 886. The lowest BCUT2D eigenvalue weighted by Crippen LogP contribution is -2.13. The van der Waals surface area contributed by atoms with E-state index in [2.05, 4.69) is 15.1 Å². The molecule has 0 N–H and O–H groups in total. The molecule has 2 aromatic heterocycles. The van der Waals surface area contributed by atoms with Crippen LogP contribution >= 0.6 is 0 Å². The number of hydrogen-bond donors (Lipinski definition) is 0. The summed E-state index contributed by atoms with van der Waals surface area (Å²) < 4.78 is 44.7. The second kappa shape index (κ2) is 5.22. The van der Waals surface area contributed by atoms with Gasteiger partial charge in [0, 0.05) is 23.7 Å². The number of hydrogen-bond acceptors (Lipinski definition) is 4. The maximum atomic E-state index is 12.9. The smallest absolute Gasteiger partial charge is 0.451 e. The van der Waals surface area contributed by atoms with Crippen molar-refractivity contribution < 1.29 is 17.9 Å². The summed E-state index contributed by atoms with van der Waals surface area (Å²) in [6.45, 7) is 1.83. The Morgan fingerprint density at radius 3 is 2.43 bits per heavy atom. The van der Waals surface area contributed by atoms with Gasteiger partial charge in [-0.25, -0.2) is 14.6 Å². The van der Waals surface area contributed by atoms with Crippen molar-refractivity contribution in [1.29, 1.82) is 0 Å². The highest BCUT2D eigenvalue weighted by Gasteiger charge is 2.37. The number of fused-ring (bicyclic) bond motifs is 1. The fraction of sp³-hybridized carbons (Fsp3) is 0.267. The lowest BCUT2D eigenvalue weighted by Gasteiger charge is -2.08. The van der Waals surface area contributed by atoms with Crippen molar-refractivity contribution in [3.8, 4) is 17.1 Å². The van der Waals surface area contributed by atoms with Gasteiger partial charge in [-0.1, -0.05) is 6.07 Å². The van der Waals surface area contributed by atoms with Gasteiger partial charge in [0.1, 0.15) is 11.3 Å². The van der Waals surface area contributed by atoms with E-state index in [1.54, 1.807) is 24.3 Å². The highest BCUT2D eigenvalue weighted by molar-refractivity contribution is 5.96. The van der Waals surface area contributed by atoms with Crippen molar-refractivity contribution in [2.75, 3.05) is 7.11 Å². The molecular weight excluding hydrogens is 309 g/mol. The second-order valence-electron chi connectivity index (χ2n) is 5.04. The van der Waals surface area contributed by atoms with E-state index in [0.717, 1.165) is 10.4 Å². The van der Waals surface area contributed by atoms with E-state index in [0.29, 0.717) is 22.2 Å². The van der Waals surface area contributed by atoms with Gasteiger partial charge in [0.2, 0.25) is 5.82 Å². The molecular formula is C15H13F3N4O. The van der Waals surface area contributed by atoms with Crippen LogP contribution in [-0.2, 0) is 13.2 Å². The molecule has 0 atom stereocenters. The van der Waals surface area contributed by atoms with Crippen LogP contribution in [0.15, 0.2) is 24.3 Å². The Morgan fingerprint density at radius 1 is 1.09 bits per heavy atom. The maximum Gasteiger partial charge on any atom is 0.451 e. The lowest BCUT2D eigenvalue weighted by molar-refractivity contribution is -0.147. The van der Waals surface area contributed by atoms with Gasteiger partial charge in [-0.2, -0.15) is 18.3 Å². The molecule has 5 nitrogen and oxygen atoms in total. The Morgan fingerprint density at radius 2 is 1.83 bits per heavy atom. The van der Waals surface area contributed by atoms with Crippen molar-refractivity contribution in [3.63, 3.8) is 0 Å². The molecule has 23 heavy (non-hydrogen) atoms. The van der Waals surface area contributed by atoms with Crippen LogP contribution in [0.2, 0.25) is 0 Å². The summed E-state index contributed by atoms with van der Waals surface area (Å²) in [5.41, 5.74) is 1.81. The fourth-order valence-electron chi connectivity index (χ4n) is 2.39. The number of halogens is 3. The lowest BCUT2D eigenvalue weighted by atomic mass is 10.1. The highest BCUT2D eigenvalue weighted by Crippen LogP contribution is 2.34. The summed E-state index contributed by atoms with van der Waals surface area (Å²) in [4.78, 5) is 8.04. The average molecular weight is 322 g/mol. The third kappa shape index (κ3) is 2.60. The van der Waals surface area contributed by atoms with Crippen LogP contribution in [0.1, 0.15) is 11.5 Å². The highest BCUT2D eigenvalue weighted by atomic mass is 19.4. The first-order chi connectivity index (χ1) is 10.8.